The minimum absolute atomic E-state index is 0.0227. The third-order valence-corrected chi connectivity index (χ3v) is 5.89. The fraction of sp³-hybridized carbons (Fsp3) is 0.320. The highest BCUT2D eigenvalue weighted by molar-refractivity contribution is 6.31. The van der Waals surface area contributed by atoms with Crippen molar-refractivity contribution in [1.82, 2.24) is 14.9 Å². The van der Waals surface area contributed by atoms with Crippen molar-refractivity contribution in [2.24, 2.45) is 0 Å². The molecule has 0 bridgehead atoms. The summed E-state index contributed by atoms with van der Waals surface area (Å²) in [4.78, 5) is 23.8. The molecule has 0 aliphatic heterocycles. The lowest BCUT2D eigenvalue weighted by atomic mass is 10.0. The van der Waals surface area contributed by atoms with Crippen LogP contribution < -0.4 is 15.8 Å². The van der Waals surface area contributed by atoms with Gasteiger partial charge in [0.15, 0.2) is 5.78 Å². The summed E-state index contributed by atoms with van der Waals surface area (Å²) in [6.45, 7) is 0.635. The Morgan fingerprint density at radius 2 is 2.03 bits per heavy atom. The van der Waals surface area contributed by atoms with Crippen molar-refractivity contribution in [1.29, 1.82) is 0 Å². The molecule has 34 heavy (non-hydrogen) atoms. The molecule has 0 spiro atoms. The van der Waals surface area contributed by atoms with E-state index in [4.69, 9.17) is 22.1 Å². The molecule has 178 valence electrons. The molecule has 1 fully saturated rings. The maximum Gasteiger partial charge on any atom is 0.222 e. The first-order chi connectivity index (χ1) is 16.3. The smallest absolute Gasteiger partial charge is 0.222 e. The second kappa shape index (κ2) is 10.4. The Labute approximate surface area is 202 Å². The summed E-state index contributed by atoms with van der Waals surface area (Å²) in [5.74, 6) is 0.214. The summed E-state index contributed by atoms with van der Waals surface area (Å²) in [7, 11) is 3.86. The van der Waals surface area contributed by atoms with Crippen LogP contribution in [0.5, 0.6) is 5.75 Å². The molecule has 1 aromatic heterocycles. The number of nitrogen functional groups attached to an aromatic ring is 1. The lowest BCUT2D eigenvalue weighted by Gasteiger charge is -2.17. The topological polar surface area (TPSA) is 93.4 Å². The second-order valence-corrected chi connectivity index (χ2v) is 9.01. The zero-order valence-electron chi connectivity index (χ0n) is 19.1. The number of nitrogens with zero attached hydrogens (tertiary/aromatic N) is 3. The Morgan fingerprint density at radius 3 is 2.74 bits per heavy atom. The predicted octanol–water partition coefficient (Wildman–Crippen LogP) is 5.37. The Morgan fingerprint density at radius 1 is 1.26 bits per heavy atom. The summed E-state index contributed by atoms with van der Waals surface area (Å²) in [5, 5.41) is 3.67. The summed E-state index contributed by atoms with van der Waals surface area (Å²) in [6, 6.07) is 7.71. The highest BCUT2D eigenvalue weighted by atomic mass is 35.5. The molecule has 3 N–H and O–H groups in total. The minimum atomic E-state index is -0.523. The Bertz CT molecular complexity index is 1240. The number of benzene rings is 2. The van der Waals surface area contributed by atoms with E-state index in [-0.39, 0.29) is 22.9 Å². The highest BCUT2D eigenvalue weighted by Gasteiger charge is 2.22. The van der Waals surface area contributed by atoms with Crippen molar-refractivity contribution in [3.63, 3.8) is 0 Å². The normalized spacial score (nSPS) is 14.4. The van der Waals surface area contributed by atoms with E-state index in [0.717, 1.165) is 25.7 Å². The van der Waals surface area contributed by atoms with Gasteiger partial charge in [0.2, 0.25) is 5.95 Å². The number of likely N-dealkylation sites (N-methyl/N-ethyl adjacent to an activating group) is 1. The number of nitrogens with one attached hydrogen (secondary N) is 1. The lowest BCUT2D eigenvalue weighted by molar-refractivity contribution is 0.103. The van der Waals surface area contributed by atoms with Crippen molar-refractivity contribution >= 4 is 45.7 Å². The van der Waals surface area contributed by atoms with Gasteiger partial charge in [0.05, 0.1) is 22.2 Å². The molecule has 0 unspecified atom stereocenters. The summed E-state index contributed by atoms with van der Waals surface area (Å²) < 4.78 is 19.8. The van der Waals surface area contributed by atoms with Crippen molar-refractivity contribution in [2.75, 3.05) is 31.7 Å². The van der Waals surface area contributed by atoms with Crippen LogP contribution in [0.4, 0.5) is 21.8 Å². The van der Waals surface area contributed by atoms with Gasteiger partial charge in [-0.05, 0) is 70.1 Å². The maximum atomic E-state index is 13.6. The van der Waals surface area contributed by atoms with Crippen LogP contribution in [0.2, 0.25) is 5.02 Å². The monoisotopic (exact) mass is 483 g/mol. The standard InChI is InChI=1S/C25H27ClFN5O2/c1-32(2)11-5-8-22(33)18-13-17-21(14-23(18)34-16-6-3-4-7-16)30-25(28)31-24(17)29-15-9-10-20(27)19(26)12-15/h5,8-10,12-14,16H,3-4,6-7,11H2,1-2H3,(H3,28,29,30,31). The van der Waals surface area contributed by atoms with Crippen molar-refractivity contribution < 1.29 is 13.9 Å². The van der Waals surface area contributed by atoms with Crippen molar-refractivity contribution in [3.8, 4) is 5.75 Å². The second-order valence-electron chi connectivity index (χ2n) is 8.60. The average Bonchev–Trinajstić information content (AvgIpc) is 3.28. The number of aromatic nitrogens is 2. The van der Waals surface area contributed by atoms with Crippen LogP contribution in [-0.2, 0) is 0 Å². The van der Waals surface area contributed by atoms with Crippen molar-refractivity contribution in [2.45, 2.75) is 31.8 Å². The van der Waals surface area contributed by atoms with Gasteiger partial charge >= 0.3 is 0 Å². The van der Waals surface area contributed by atoms with Gasteiger partial charge in [-0.25, -0.2) is 9.37 Å². The van der Waals surface area contributed by atoms with Crippen LogP contribution in [-0.4, -0.2) is 47.4 Å². The first-order valence-corrected chi connectivity index (χ1v) is 11.5. The molecule has 4 rings (SSSR count). The molecule has 0 saturated heterocycles. The molecule has 0 atom stereocenters. The molecule has 0 radical (unpaired) electrons. The van der Waals surface area contributed by atoms with Gasteiger partial charge in [0.25, 0.3) is 0 Å². The van der Waals surface area contributed by atoms with E-state index in [2.05, 4.69) is 15.3 Å². The van der Waals surface area contributed by atoms with Gasteiger partial charge in [-0.1, -0.05) is 17.7 Å². The predicted molar refractivity (Wildman–Crippen MR) is 134 cm³/mol. The van der Waals surface area contributed by atoms with Crippen LogP contribution in [0.25, 0.3) is 10.9 Å². The van der Waals surface area contributed by atoms with Gasteiger partial charge in [-0.3, -0.25) is 4.79 Å². The molecular formula is C25H27ClFN5O2. The fourth-order valence-electron chi connectivity index (χ4n) is 3.92. The summed E-state index contributed by atoms with van der Waals surface area (Å²) in [5.41, 5.74) is 7.44. The third kappa shape index (κ3) is 5.63. The lowest BCUT2D eigenvalue weighted by Crippen LogP contribution is -2.14. The molecule has 1 heterocycles. The number of anilines is 3. The van der Waals surface area contributed by atoms with E-state index in [1.165, 1.54) is 12.1 Å². The Kier molecular flexibility index (Phi) is 7.29. The molecule has 9 heteroatoms. The molecule has 2 aromatic carbocycles. The van der Waals surface area contributed by atoms with Crippen LogP contribution in [0.15, 0.2) is 42.5 Å². The van der Waals surface area contributed by atoms with Gasteiger partial charge in [-0.2, -0.15) is 4.98 Å². The highest BCUT2D eigenvalue weighted by Crippen LogP contribution is 2.34. The number of nitrogens with two attached hydrogens (primary N) is 1. The average molecular weight is 484 g/mol. The first-order valence-electron chi connectivity index (χ1n) is 11.2. The Balaban J connectivity index is 1.78. The van der Waals surface area contributed by atoms with Crippen LogP contribution in [0.3, 0.4) is 0 Å². The van der Waals surface area contributed by atoms with E-state index < -0.39 is 5.82 Å². The maximum absolute atomic E-state index is 13.6. The fourth-order valence-corrected chi connectivity index (χ4v) is 4.10. The SMILES string of the molecule is CN(C)CC=CC(=O)c1cc2c(Nc3ccc(F)c(Cl)c3)nc(N)nc2cc1OC1CCCC1. The largest absolute Gasteiger partial charge is 0.490 e. The molecule has 1 saturated carbocycles. The van der Waals surface area contributed by atoms with Crippen LogP contribution in [0, 0.1) is 5.82 Å². The molecule has 7 nitrogen and oxygen atoms in total. The van der Waals surface area contributed by atoms with E-state index >= 15 is 0 Å². The Hall–Kier alpha value is -3.23. The van der Waals surface area contributed by atoms with Gasteiger partial charge in [0.1, 0.15) is 17.4 Å². The number of ketones is 1. The molecule has 0 amide bonds. The number of hydrogen-bond donors (Lipinski definition) is 2. The summed E-state index contributed by atoms with van der Waals surface area (Å²) >= 11 is 5.92. The van der Waals surface area contributed by atoms with E-state index in [1.807, 2.05) is 25.1 Å². The molecule has 1 aliphatic rings. The van der Waals surface area contributed by atoms with Gasteiger partial charge < -0.3 is 20.7 Å². The quantitative estimate of drug-likeness (QED) is 0.328. The number of carbonyl (C=O) groups excluding carboxylic acids is 1. The number of fused-ring (bicyclic) bond motifs is 1. The number of carbonyl (C=O) groups is 1. The molecular weight excluding hydrogens is 457 g/mol. The van der Waals surface area contributed by atoms with Crippen molar-refractivity contribution in [3.05, 3.63) is 58.9 Å². The van der Waals surface area contributed by atoms with Crippen LogP contribution in [0.1, 0.15) is 36.0 Å². The number of halogens is 2. The van der Waals surface area contributed by atoms with Gasteiger partial charge in [-0.15, -0.1) is 0 Å². The third-order valence-electron chi connectivity index (χ3n) is 5.60. The van der Waals surface area contributed by atoms with Gasteiger partial charge in [0, 0.05) is 23.7 Å². The van der Waals surface area contributed by atoms with Crippen LogP contribution >= 0.6 is 11.6 Å². The zero-order valence-corrected chi connectivity index (χ0v) is 19.9. The van der Waals surface area contributed by atoms with E-state index in [0.29, 0.717) is 40.3 Å². The van der Waals surface area contributed by atoms with E-state index in [1.54, 1.807) is 24.3 Å². The molecule has 1 aliphatic carbocycles. The number of hydrogen-bond acceptors (Lipinski definition) is 7. The number of allylic oxidation sites excluding steroid dienone is 1. The number of ether oxygens (including phenoxy) is 1. The zero-order chi connectivity index (χ0) is 24.2. The summed E-state index contributed by atoms with van der Waals surface area (Å²) in [6.07, 6.45) is 7.53. The first kappa shape index (κ1) is 23.9. The number of rotatable bonds is 8. The minimum Gasteiger partial charge on any atom is -0.490 e. The van der Waals surface area contributed by atoms with E-state index in [9.17, 15) is 9.18 Å². The molecule has 3 aromatic rings.